The molecule has 0 spiro atoms. The van der Waals surface area contributed by atoms with E-state index in [-0.39, 0.29) is 17.4 Å². The molecule has 0 bridgehead atoms. The van der Waals surface area contributed by atoms with Crippen molar-refractivity contribution in [2.45, 2.75) is 119 Å². The van der Waals surface area contributed by atoms with Crippen LogP contribution in [0, 0.1) is 0 Å². The quantitative estimate of drug-likeness (QED) is 0.166. The molecule has 0 fully saturated rings. The molecule has 0 amide bonds. The zero-order valence-electron chi connectivity index (χ0n) is 22.9. The Morgan fingerprint density at radius 2 is 0.500 bits per heavy atom. The van der Waals surface area contributed by atoms with Crippen LogP contribution in [-0.4, -0.2) is 37.0 Å². The van der Waals surface area contributed by atoms with Gasteiger partial charge in [0.15, 0.2) is 0 Å². The van der Waals surface area contributed by atoms with Crippen molar-refractivity contribution in [2.75, 3.05) is 37.0 Å². The van der Waals surface area contributed by atoms with Gasteiger partial charge in [-0.15, -0.1) is 0 Å². The van der Waals surface area contributed by atoms with E-state index >= 15 is 0 Å². The monoisotopic (exact) mass is 583 g/mol. The fourth-order valence-corrected chi connectivity index (χ4v) is 8.19. The number of hydrogen-bond donors (Lipinski definition) is 0. The van der Waals surface area contributed by atoms with E-state index < -0.39 is 22.1 Å². The van der Waals surface area contributed by atoms with Gasteiger partial charge in [0.2, 0.25) is 0 Å². The Labute approximate surface area is 223 Å². The zero-order chi connectivity index (χ0) is 26.2. The predicted octanol–water partition coefficient (Wildman–Crippen LogP) is 6.67. The Bertz CT molecular complexity index is 449. The molecular weight excluding hydrogens is 529 g/mol. The first kappa shape index (κ1) is 42.2. The molecule has 0 saturated carbocycles. The first-order valence-corrected chi connectivity index (χ1v) is 19.2. The minimum atomic E-state index is -2.98. The molecule has 0 aromatic heterocycles. The largest absolute Gasteiger partial charge is 3.00 e. The maximum absolute atomic E-state index is 11.2. The topological polar surface area (TPSA) is 120 Å². The molecule has 0 aromatic carbocycles. The Hall–Kier alpha value is 1.10. The Morgan fingerprint density at radius 3 is 0.588 bits per heavy atom. The molecule has 0 N–H and O–H groups in total. The molecule has 10 heteroatoms. The van der Waals surface area contributed by atoms with Crippen LogP contribution >= 0.6 is 22.1 Å². The Morgan fingerprint density at radius 1 is 0.382 bits per heavy atom. The van der Waals surface area contributed by atoms with E-state index in [1.807, 2.05) is 41.5 Å². The van der Waals surface area contributed by atoms with Crippen molar-refractivity contribution in [3.63, 3.8) is 0 Å². The minimum Gasteiger partial charge on any atom is -0.799 e. The van der Waals surface area contributed by atoms with Crippen molar-refractivity contribution in [3.05, 3.63) is 0 Å². The van der Waals surface area contributed by atoms with Crippen LogP contribution in [0.5, 0.6) is 0 Å². The van der Waals surface area contributed by atoms with Crippen molar-refractivity contribution in [3.8, 4) is 0 Å². The van der Waals surface area contributed by atoms with Gasteiger partial charge < -0.3 is 28.4 Å². The van der Waals surface area contributed by atoms with E-state index in [9.17, 15) is 28.4 Å². The second kappa shape index (κ2) is 27.1. The average Bonchev–Trinajstić information content (AvgIpc) is 2.77. The predicted molar refractivity (Wildman–Crippen MR) is 141 cm³/mol. The maximum Gasteiger partial charge on any atom is 3.00 e. The van der Waals surface area contributed by atoms with Gasteiger partial charge in [-0.3, -0.25) is 0 Å². The van der Waals surface area contributed by atoms with Gasteiger partial charge in [-0.05, 0) is 75.5 Å². The summed E-state index contributed by atoms with van der Waals surface area (Å²) in [4.78, 5) is 33.5. The molecule has 207 valence electrons. The third kappa shape index (κ3) is 35.3. The summed E-state index contributed by atoms with van der Waals surface area (Å²) < 4.78 is 33.5. The van der Waals surface area contributed by atoms with Crippen LogP contribution in [0.3, 0.4) is 0 Å². The molecule has 0 saturated heterocycles. The second-order valence-electron chi connectivity index (χ2n) is 8.91. The number of hydrogen-bond acceptors (Lipinski definition) is 6. The maximum atomic E-state index is 11.2. The zero-order valence-corrected chi connectivity index (χ0v) is 26.9. The summed E-state index contributed by atoms with van der Waals surface area (Å²) in [5.74, 6) is 0. The van der Waals surface area contributed by atoms with Crippen LogP contribution < -0.4 is 14.7 Å². The van der Waals surface area contributed by atoms with E-state index in [4.69, 9.17) is 0 Å². The molecule has 6 nitrogen and oxygen atoms in total. The summed E-state index contributed by atoms with van der Waals surface area (Å²) in [5, 5.41) is 0. The van der Waals surface area contributed by atoms with Crippen LogP contribution in [0.4, 0.5) is 0 Å². The third-order valence-electron chi connectivity index (χ3n) is 5.11. The van der Waals surface area contributed by atoms with Crippen LogP contribution in [0.2, 0.25) is 0 Å². The molecule has 1 radical (unpaired) electrons. The van der Waals surface area contributed by atoms with Crippen molar-refractivity contribution in [2.24, 2.45) is 0 Å². The van der Waals surface area contributed by atoms with Gasteiger partial charge in [0.25, 0.3) is 0 Å². The SMILES string of the molecule is CCCCP(=O)([O-])CCCC.CCCCP(=O)([O-])CCCC.CCCCP(=O)([O-])CCCC.[Cr+3]. The van der Waals surface area contributed by atoms with Gasteiger partial charge in [0, 0.05) is 22.1 Å². The van der Waals surface area contributed by atoms with Gasteiger partial charge >= 0.3 is 17.4 Å². The molecular formula is C24H54CrO6P3. The molecule has 0 heterocycles. The molecule has 0 aromatic rings. The van der Waals surface area contributed by atoms with Crippen molar-refractivity contribution in [1.29, 1.82) is 0 Å². The van der Waals surface area contributed by atoms with Crippen LogP contribution in [0.15, 0.2) is 0 Å². The van der Waals surface area contributed by atoms with E-state index in [0.29, 0.717) is 37.0 Å². The van der Waals surface area contributed by atoms with Crippen molar-refractivity contribution < 1.29 is 45.7 Å². The molecule has 0 aliphatic carbocycles. The van der Waals surface area contributed by atoms with Gasteiger partial charge in [-0.2, -0.15) is 0 Å². The smallest absolute Gasteiger partial charge is 0.799 e. The van der Waals surface area contributed by atoms with Gasteiger partial charge in [0.1, 0.15) is 0 Å². The van der Waals surface area contributed by atoms with Gasteiger partial charge in [-0.1, -0.05) is 80.1 Å². The first-order chi connectivity index (χ1) is 15.4. The second-order valence-corrected chi connectivity index (χ2v) is 16.5. The Kier molecular flexibility index (Phi) is 33.7. The fraction of sp³-hybridized carbons (Fsp3) is 1.00. The summed E-state index contributed by atoms with van der Waals surface area (Å²) in [7, 11) is -8.93. The summed E-state index contributed by atoms with van der Waals surface area (Å²) in [5.41, 5.74) is 0. The first-order valence-electron chi connectivity index (χ1n) is 13.2. The van der Waals surface area contributed by atoms with Crippen molar-refractivity contribution in [1.82, 2.24) is 0 Å². The van der Waals surface area contributed by atoms with E-state index in [1.54, 1.807) is 0 Å². The van der Waals surface area contributed by atoms with Crippen LogP contribution in [0.1, 0.15) is 119 Å². The van der Waals surface area contributed by atoms with E-state index in [0.717, 1.165) is 77.0 Å². The van der Waals surface area contributed by atoms with Crippen LogP contribution in [0.25, 0.3) is 0 Å². The summed E-state index contributed by atoms with van der Waals surface area (Å²) in [6, 6.07) is 0. The molecule has 34 heavy (non-hydrogen) atoms. The summed E-state index contributed by atoms with van der Waals surface area (Å²) in [6.45, 7) is 12.1. The minimum absolute atomic E-state index is 0. The number of rotatable bonds is 18. The Balaban J connectivity index is -0.000000196. The molecule has 0 unspecified atom stereocenters. The van der Waals surface area contributed by atoms with Gasteiger partial charge in [-0.25, -0.2) is 0 Å². The van der Waals surface area contributed by atoms with Gasteiger partial charge in [0.05, 0.1) is 0 Å². The van der Waals surface area contributed by atoms with E-state index in [2.05, 4.69) is 0 Å². The third-order valence-corrected chi connectivity index (χ3v) is 11.1. The van der Waals surface area contributed by atoms with Crippen molar-refractivity contribution >= 4 is 22.1 Å². The standard InChI is InChI=1S/3C8H19O2P.Cr/c3*1-3-5-7-11(9,10)8-6-4-2;/h3*3-8H2,1-2H3,(H,9,10);/q;;;+3/p-3. The van der Waals surface area contributed by atoms with Crippen LogP contribution in [-0.2, 0) is 31.1 Å². The van der Waals surface area contributed by atoms with E-state index in [1.165, 1.54) is 0 Å². The average molecular weight is 584 g/mol. The molecule has 0 atom stereocenters. The fourth-order valence-electron chi connectivity index (χ4n) is 2.73. The molecule has 0 rings (SSSR count). The summed E-state index contributed by atoms with van der Waals surface area (Å²) in [6.07, 6.45) is 13.2. The summed E-state index contributed by atoms with van der Waals surface area (Å²) >= 11 is 0. The molecule has 0 aliphatic rings. The number of unbranched alkanes of at least 4 members (excludes halogenated alkanes) is 6. The molecule has 0 aliphatic heterocycles. The normalized spacial score (nSPS) is 11.6.